The van der Waals surface area contributed by atoms with Gasteiger partial charge in [-0.15, -0.1) is 11.3 Å². The van der Waals surface area contributed by atoms with E-state index >= 15 is 0 Å². The first-order chi connectivity index (χ1) is 10.2. The van der Waals surface area contributed by atoms with Gasteiger partial charge in [-0.2, -0.15) is 0 Å². The lowest BCUT2D eigenvalue weighted by Crippen LogP contribution is -2.18. The predicted molar refractivity (Wildman–Crippen MR) is 86.5 cm³/mol. The molecule has 1 aromatic carbocycles. The monoisotopic (exact) mass is 318 g/mol. The molecule has 0 aliphatic heterocycles. The third kappa shape index (κ3) is 3.35. The molecule has 108 valence electrons. The topological polar surface area (TPSA) is 38.1 Å². The van der Waals surface area contributed by atoms with E-state index in [0.717, 1.165) is 21.2 Å². The first-order valence-corrected chi connectivity index (χ1v) is 7.96. The highest BCUT2D eigenvalue weighted by molar-refractivity contribution is 7.13. The molecule has 5 heteroatoms. The molecule has 1 atom stereocenters. The molecule has 2 heterocycles. The summed E-state index contributed by atoms with van der Waals surface area (Å²) in [6.07, 6.45) is 1.70. The van der Waals surface area contributed by atoms with E-state index < -0.39 is 0 Å². The number of hydrogen-bond acceptors (Lipinski definition) is 4. The Balaban J connectivity index is 1.64. The highest BCUT2D eigenvalue weighted by Crippen LogP contribution is 2.25. The third-order valence-corrected chi connectivity index (χ3v) is 4.45. The van der Waals surface area contributed by atoms with E-state index in [2.05, 4.69) is 17.2 Å². The van der Waals surface area contributed by atoms with Crippen molar-refractivity contribution in [3.63, 3.8) is 0 Å². The zero-order chi connectivity index (χ0) is 14.7. The van der Waals surface area contributed by atoms with E-state index in [-0.39, 0.29) is 6.04 Å². The van der Waals surface area contributed by atoms with Crippen molar-refractivity contribution in [3.05, 3.63) is 64.3 Å². The van der Waals surface area contributed by atoms with Gasteiger partial charge in [-0.25, -0.2) is 4.98 Å². The molecular weight excluding hydrogens is 304 g/mol. The molecule has 3 nitrogen and oxygen atoms in total. The number of aromatic nitrogens is 1. The molecule has 3 aromatic rings. The zero-order valence-corrected chi connectivity index (χ0v) is 13.1. The number of rotatable bonds is 5. The molecule has 3 rings (SSSR count). The van der Waals surface area contributed by atoms with E-state index in [0.29, 0.717) is 12.4 Å². The second-order valence-electron chi connectivity index (χ2n) is 4.75. The number of hydrogen-bond donors (Lipinski definition) is 1. The average Bonchev–Trinajstić information content (AvgIpc) is 3.16. The van der Waals surface area contributed by atoms with Gasteiger partial charge in [0.1, 0.15) is 6.26 Å². The molecule has 0 aliphatic rings. The standard InChI is InChI=1S/C16H15ClN2OS/c1-11(13-5-2-3-6-14(13)17)18-9-12-10-20-16(19-12)15-7-4-8-21-15/h2-8,10-11,18H,9H2,1H3/t11-/m1/s1. The molecule has 0 radical (unpaired) electrons. The zero-order valence-electron chi connectivity index (χ0n) is 11.5. The number of benzene rings is 1. The Labute approximate surface area is 132 Å². The van der Waals surface area contributed by atoms with Crippen LogP contribution in [0.1, 0.15) is 24.2 Å². The Morgan fingerprint density at radius 2 is 2.14 bits per heavy atom. The van der Waals surface area contributed by atoms with Gasteiger partial charge in [0.2, 0.25) is 5.89 Å². The van der Waals surface area contributed by atoms with Crippen LogP contribution in [-0.4, -0.2) is 4.98 Å². The van der Waals surface area contributed by atoms with Crippen LogP contribution in [0.4, 0.5) is 0 Å². The van der Waals surface area contributed by atoms with E-state index in [1.807, 2.05) is 41.8 Å². The predicted octanol–water partition coefficient (Wildman–Crippen LogP) is 4.91. The van der Waals surface area contributed by atoms with Crippen LogP contribution in [-0.2, 0) is 6.54 Å². The quantitative estimate of drug-likeness (QED) is 0.726. The van der Waals surface area contributed by atoms with Crippen molar-refractivity contribution in [1.82, 2.24) is 10.3 Å². The van der Waals surface area contributed by atoms with Gasteiger partial charge in [0.15, 0.2) is 0 Å². The largest absolute Gasteiger partial charge is 0.444 e. The second-order valence-corrected chi connectivity index (χ2v) is 6.10. The van der Waals surface area contributed by atoms with Gasteiger partial charge in [-0.3, -0.25) is 0 Å². The molecule has 1 N–H and O–H groups in total. The van der Waals surface area contributed by atoms with Gasteiger partial charge < -0.3 is 9.73 Å². The van der Waals surface area contributed by atoms with Crippen molar-refractivity contribution in [2.45, 2.75) is 19.5 Å². The van der Waals surface area contributed by atoms with E-state index in [1.165, 1.54) is 0 Å². The minimum atomic E-state index is 0.153. The maximum Gasteiger partial charge on any atom is 0.236 e. The summed E-state index contributed by atoms with van der Waals surface area (Å²) in [5.74, 6) is 0.673. The SMILES string of the molecule is C[C@@H](NCc1coc(-c2cccs2)n1)c1ccccc1Cl. The molecule has 0 aliphatic carbocycles. The Kier molecular flexibility index (Phi) is 4.39. The second kappa shape index (κ2) is 6.43. The number of halogens is 1. The highest BCUT2D eigenvalue weighted by atomic mass is 35.5. The molecule has 0 saturated carbocycles. The number of nitrogens with zero attached hydrogens (tertiary/aromatic N) is 1. The number of thiophene rings is 1. The fourth-order valence-corrected chi connectivity index (χ4v) is 3.05. The lowest BCUT2D eigenvalue weighted by atomic mass is 10.1. The molecule has 21 heavy (non-hydrogen) atoms. The van der Waals surface area contributed by atoms with Gasteiger partial charge >= 0.3 is 0 Å². The lowest BCUT2D eigenvalue weighted by Gasteiger charge is -2.14. The normalized spacial score (nSPS) is 12.5. The fraction of sp³-hybridized carbons (Fsp3) is 0.188. The van der Waals surface area contributed by atoms with Crippen molar-refractivity contribution in [2.24, 2.45) is 0 Å². The molecule has 2 aromatic heterocycles. The maximum atomic E-state index is 6.20. The number of nitrogens with one attached hydrogen (secondary N) is 1. The smallest absolute Gasteiger partial charge is 0.236 e. The van der Waals surface area contributed by atoms with Gasteiger partial charge in [0.05, 0.1) is 10.6 Å². The van der Waals surface area contributed by atoms with Crippen LogP contribution in [0.2, 0.25) is 5.02 Å². The lowest BCUT2D eigenvalue weighted by molar-refractivity contribution is 0.554. The Morgan fingerprint density at radius 3 is 2.90 bits per heavy atom. The Bertz CT molecular complexity index is 709. The van der Waals surface area contributed by atoms with Gasteiger partial charge in [-0.05, 0) is 30.0 Å². The van der Waals surface area contributed by atoms with Gasteiger partial charge in [-0.1, -0.05) is 35.9 Å². The van der Waals surface area contributed by atoms with Crippen LogP contribution in [0.5, 0.6) is 0 Å². The van der Waals surface area contributed by atoms with Crippen molar-refractivity contribution in [2.75, 3.05) is 0 Å². The summed E-state index contributed by atoms with van der Waals surface area (Å²) in [4.78, 5) is 5.53. The molecule has 0 bridgehead atoms. The van der Waals surface area contributed by atoms with Crippen molar-refractivity contribution in [1.29, 1.82) is 0 Å². The third-order valence-electron chi connectivity index (χ3n) is 3.24. The summed E-state index contributed by atoms with van der Waals surface area (Å²) in [7, 11) is 0. The van der Waals surface area contributed by atoms with Gasteiger partial charge in [0.25, 0.3) is 0 Å². The molecule has 0 spiro atoms. The van der Waals surface area contributed by atoms with E-state index in [1.54, 1.807) is 17.6 Å². The summed E-state index contributed by atoms with van der Waals surface area (Å²) in [6, 6.07) is 12.0. The summed E-state index contributed by atoms with van der Waals surface area (Å²) in [6.45, 7) is 2.72. The Morgan fingerprint density at radius 1 is 1.29 bits per heavy atom. The molecule has 0 unspecified atom stereocenters. The molecule has 0 saturated heterocycles. The molecule has 0 fully saturated rings. The number of oxazole rings is 1. The van der Waals surface area contributed by atoms with Crippen LogP contribution in [0.15, 0.2) is 52.5 Å². The summed E-state index contributed by atoms with van der Waals surface area (Å²) in [5.41, 5.74) is 1.97. The average molecular weight is 319 g/mol. The summed E-state index contributed by atoms with van der Waals surface area (Å²) >= 11 is 7.82. The van der Waals surface area contributed by atoms with E-state index in [9.17, 15) is 0 Å². The minimum absolute atomic E-state index is 0.153. The van der Waals surface area contributed by atoms with Crippen LogP contribution in [0.3, 0.4) is 0 Å². The van der Waals surface area contributed by atoms with Crippen molar-refractivity contribution in [3.8, 4) is 10.8 Å². The first kappa shape index (κ1) is 14.3. The summed E-state index contributed by atoms with van der Waals surface area (Å²) < 4.78 is 5.50. The first-order valence-electron chi connectivity index (χ1n) is 6.70. The van der Waals surface area contributed by atoms with Crippen molar-refractivity contribution >= 4 is 22.9 Å². The summed E-state index contributed by atoms with van der Waals surface area (Å²) in [5, 5.41) is 6.20. The molecule has 0 amide bonds. The maximum absolute atomic E-state index is 6.20. The van der Waals surface area contributed by atoms with Crippen LogP contribution in [0.25, 0.3) is 10.8 Å². The van der Waals surface area contributed by atoms with Gasteiger partial charge in [0, 0.05) is 17.6 Å². The fourth-order valence-electron chi connectivity index (χ4n) is 2.10. The Hall–Kier alpha value is -1.62. The van der Waals surface area contributed by atoms with E-state index in [4.69, 9.17) is 16.0 Å². The van der Waals surface area contributed by atoms with Crippen LogP contribution >= 0.6 is 22.9 Å². The minimum Gasteiger partial charge on any atom is -0.444 e. The van der Waals surface area contributed by atoms with Crippen molar-refractivity contribution < 1.29 is 4.42 Å². The highest BCUT2D eigenvalue weighted by Gasteiger charge is 2.11. The molecular formula is C16H15ClN2OS. The van der Waals surface area contributed by atoms with Crippen LogP contribution < -0.4 is 5.32 Å². The van der Waals surface area contributed by atoms with Crippen LogP contribution in [0, 0.1) is 0 Å².